The number of aliphatic hydroxyl groups excluding tert-OH is 1. The molecule has 1 rings (SSSR count). The number of aliphatic hydroxyl groups is 1. The minimum absolute atomic E-state index is 0.175. The monoisotopic (exact) mass is 250 g/mol. The summed E-state index contributed by atoms with van der Waals surface area (Å²) in [6.45, 7) is 1.55. The first-order valence-corrected chi connectivity index (χ1v) is 4.62. The van der Waals surface area contributed by atoms with E-state index in [0.717, 1.165) is 0 Å². The summed E-state index contributed by atoms with van der Waals surface area (Å²) < 4.78 is 25.8. The number of hydrogen-bond acceptors (Lipinski definition) is 1. The molecule has 4 heteroatoms. The van der Waals surface area contributed by atoms with Crippen molar-refractivity contribution in [3.8, 4) is 0 Å². The van der Waals surface area contributed by atoms with Crippen molar-refractivity contribution >= 4 is 15.9 Å². The molecule has 0 aromatic heterocycles. The molecule has 0 aliphatic rings. The first-order valence-electron chi connectivity index (χ1n) is 3.82. The van der Waals surface area contributed by atoms with E-state index in [2.05, 4.69) is 15.9 Å². The van der Waals surface area contributed by atoms with Gasteiger partial charge < -0.3 is 5.11 Å². The Morgan fingerprint density at radius 3 is 2.62 bits per heavy atom. The van der Waals surface area contributed by atoms with Crippen LogP contribution in [0.15, 0.2) is 16.6 Å². The molecule has 0 radical (unpaired) electrons. The summed E-state index contributed by atoms with van der Waals surface area (Å²) in [6, 6.07) is 2.51. The summed E-state index contributed by atoms with van der Waals surface area (Å²) in [5, 5.41) is 9.01. The molecule has 1 atom stereocenters. The summed E-state index contributed by atoms with van der Waals surface area (Å²) in [6.07, 6.45) is -0.447. The molecule has 0 bridgehead atoms. The summed E-state index contributed by atoms with van der Waals surface area (Å²) in [5.41, 5.74) is 0.309. The third-order valence-corrected chi connectivity index (χ3v) is 2.36. The maximum atomic E-state index is 13.2. The molecule has 0 unspecified atom stereocenters. The number of hydrogen-bond donors (Lipinski definition) is 1. The van der Waals surface area contributed by atoms with E-state index in [9.17, 15) is 8.78 Å². The average Bonchev–Trinajstić information content (AvgIpc) is 2.06. The van der Waals surface area contributed by atoms with Crippen molar-refractivity contribution < 1.29 is 13.9 Å². The second kappa shape index (κ2) is 4.15. The van der Waals surface area contributed by atoms with Crippen LogP contribution in [0.4, 0.5) is 8.78 Å². The van der Waals surface area contributed by atoms with Crippen LogP contribution < -0.4 is 0 Å². The Labute approximate surface area is 83.5 Å². The fourth-order valence-corrected chi connectivity index (χ4v) is 1.43. The smallest absolute Gasteiger partial charge is 0.143 e. The molecule has 0 fully saturated rings. The maximum absolute atomic E-state index is 13.2. The molecular formula is C9H9BrF2O. The van der Waals surface area contributed by atoms with Gasteiger partial charge in [0.25, 0.3) is 0 Å². The van der Waals surface area contributed by atoms with Crippen LogP contribution in [-0.4, -0.2) is 11.2 Å². The van der Waals surface area contributed by atoms with Crippen LogP contribution in [0.2, 0.25) is 0 Å². The Balaban J connectivity index is 3.04. The lowest BCUT2D eigenvalue weighted by Crippen LogP contribution is -2.06. The highest BCUT2D eigenvalue weighted by Crippen LogP contribution is 2.23. The standard InChI is InChI=1S/C9H9BrF2O/c1-5(13)4-6-2-3-7(11)8(10)9(6)12/h2-3,5,13H,4H2,1H3/t5-/m1/s1. The molecule has 1 aromatic carbocycles. The average molecular weight is 251 g/mol. The van der Waals surface area contributed by atoms with E-state index in [4.69, 9.17) is 5.11 Å². The topological polar surface area (TPSA) is 20.2 Å². The molecule has 13 heavy (non-hydrogen) atoms. The quantitative estimate of drug-likeness (QED) is 0.801. The zero-order valence-electron chi connectivity index (χ0n) is 7.02. The Morgan fingerprint density at radius 1 is 1.46 bits per heavy atom. The fourth-order valence-electron chi connectivity index (χ4n) is 1.04. The highest BCUT2D eigenvalue weighted by atomic mass is 79.9. The Kier molecular flexibility index (Phi) is 3.39. The van der Waals surface area contributed by atoms with Crippen molar-refractivity contribution in [1.29, 1.82) is 0 Å². The minimum atomic E-state index is -0.638. The third-order valence-electron chi connectivity index (χ3n) is 1.63. The van der Waals surface area contributed by atoms with Gasteiger partial charge in [0.2, 0.25) is 0 Å². The van der Waals surface area contributed by atoms with E-state index >= 15 is 0 Å². The van der Waals surface area contributed by atoms with E-state index in [1.165, 1.54) is 12.1 Å². The lowest BCUT2D eigenvalue weighted by atomic mass is 10.1. The Bertz CT molecular complexity index is 313. The molecule has 0 aliphatic carbocycles. The first-order chi connectivity index (χ1) is 6.02. The van der Waals surface area contributed by atoms with Crippen molar-refractivity contribution in [3.63, 3.8) is 0 Å². The molecule has 72 valence electrons. The van der Waals surface area contributed by atoms with Gasteiger partial charge in [0.05, 0.1) is 10.6 Å². The summed E-state index contributed by atoms with van der Waals surface area (Å²) in [5.74, 6) is -1.27. The lowest BCUT2D eigenvalue weighted by Gasteiger charge is -2.07. The van der Waals surface area contributed by atoms with Crippen molar-refractivity contribution in [1.82, 2.24) is 0 Å². The number of rotatable bonds is 2. The van der Waals surface area contributed by atoms with Crippen LogP contribution in [0.5, 0.6) is 0 Å². The first kappa shape index (κ1) is 10.6. The fraction of sp³-hybridized carbons (Fsp3) is 0.333. The van der Waals surface area contributed by atoms with Gasteiger partial charge in [0.1, 0.15) is 11.6 Å². The normalized spacial score (nSPS) is 13.0. The molecule has 1 aromatic rings. The second-order valence-electron chi connectivity index (χ2n) is 2.89. The third kappa shape index (κ3) is 2.48. The molecule has 0 saturated carbocycles. The predicted molar refractivity (Wildman–Crippen MR) is 49.4 cm³/mol. The largest absolute Gasteiger partial charge is 0.393 e. The van der Waals surface area contributed by atoms with Gasteiger partial charge >= 0.3 is 0 Å². The van der Waals surface area contributed by atoms with Gasteiger partial charge in [-0.05, 0) is 34.5 Å². The van der Waals surface area contributed by atoms with Crippen molar-refractivity contribution in [2.75, 3.05) is 0 Å². The zero-order valence-corrected chi connectivity index (χ0v) is 8.61. The lowest BCUT2D eigenvalue weighted by molar-refractivity contribution is 0.194. The maximum Gasteiger partial charge on any atom is 0.143 e. The molecule has 1 N–H and O–H groups in total. The highest BCUT2D eigenvalue weighted by molar-refractivity contribution is 9.10. The zero-order chi connectivity index (χ0) is 10.0. The number of halogens is 3. The molecule has 0 aliphatic heterocycles. The van der Waals surface area contributed by atoms with Crippen molar-refractivity contribution in [3.05, 3.63) is 33.8 Å². The van der Waals surface area contributed by atoms with Crippen LogP contribution in [0.25, 0.3) is 0 Å². The van der Waals surface area contributed by atoms with Gasteiger partial charge in [-0.2, -0.15) is 0 Å². The van der Waals surface area contributed by atoms with Gasteiger partial charge in [-0.1, -0.05) is 6.07 Å². The van der Waals surface area contributed by atoms with Gasteiger partial charge in [-0.3, -0.25) is 0 Å². The van der Waals surface area contributed by atoms with Crippen LogP contribution in [0.1, 0.15) is 12.5 Å². The molecular weight excluding hydrogens is 242 g/mol. The van der Waals surface area contributed by atoms with Gasteiger partial charge in [-0.15, -0.1) is 0 Å². The summed E-state index contributed by atoms with van der Waals surface area (Å²) in [4.78, 5) is 0. The van der Waals surface area contributed by atoms with Crippen LogP contribution in [0.3, 0.4) is 0 Å². The van der Waals surface area contributed by atoms with E-state index in [1.54, 1.807) is 6.92 Å². The SMILES string of the molecule is C[C@@H](O)Cc1ccc(F)c(Br)c1F. The Hall–Kier alpha value is -0.480. The second-order valence-corrected chi connectivity index (χ2v) is 3.68. The molecule has 0 saturated heterocycles. The number of benzene rings is 1. The van der Waals surface area contributed by atoms with Gasteiger partial charge in [0, 0.05) is 6.42 Å². The Morgan fingerprint density at radius 2 is 2.08 bits per heavy atom. The molecule has 1 nitrogen and oxygen atoms in total. The van der Waals surface area contributed by atoms with Gasteiger partial charge in [-0.25, -0.2) is 8.78 Å². The van der Waals surface area contributed by atoms with E-state index in [-0.39, 0.29) is 10.9 Å². The summed E-state index contributed by atoms with van der Waals surface area (Å²) >= 11 is 2.79. The minimum Gasteiger partial charge on any atom is -0.393 e. The van der Waals surface area contributed by atoms with Crippen molar-refractivity contribution in [2.24, 2.45) is 0 Å². The van der Waals surface area contributed by atoms with Gasteiger partial charge in [0.15, 0.2) is 0 Å². The molecule has 0 spiro atoms. The highest BCUT2D eigenvalue weighted by Gasteiger charge is 2.12. The van der Waals surface area contributed by atoms with Crippen LogP contribution in [-0.2, 0) is 6.42 Å². The van der Waals surface area contributed by atoms with E-state index in [0.29, 0.717) is 5.56 Å². The van der Waals surface area contributed by atoms with Crippen LogP contribution in [0, 0.1) is 11.6 Å². The van der Waals surface area contributed by atoms with Crippen molar-refractivity contribution in [2.45, 2.75) is 19.4 Å². The van der Waals surface area contributed by atoms with E-state index in [1.807, 2.05) is 0 Å². The molecule has 0 amide bonds. The van der Waals surface area contributed by atoms with Crippen LogP contribution >= 0.6 is 15.9 Å². The molecule has 0 heterocycles. The van der Waals surface area contributed by atoms with E-state index < -0.39 is 17.7 Å². The predicted octanol–water partition coefficient (Wildman–Crippen LogP) is 2.65. The summed E-state index contributed by atoms with van der Waals surface area (Å²) in [7, 11) is 0.